The zero-order valence-electron chi connectivity index (χ0n) is 10.5. The molecule has 2 unspecified atom stereocenters. The van der Waals surface area contributed by atoms with Crippen molar-refractivity contribution in [2.75, 3.05) is 13.1 Å². The molecule has 1 amide bonds. The number of aliphatic hydroxyl groups excluding tert-OH is 1. The van der Waals surface area contributed by atoms with Gasteiger partial charge in [0.25, 0.3) is 5.91 Å². The number of halogens is 1. The topological polar surface area (TPSA) is 40.5 Å². The Balaban J connectivity index is 2.09. The average molecular weight is 268 g/mol. The zero-order valence-corrected chi connectivity index (χ0v) is 11.2. The van der Waals surface area contributed by atoms with E-state index in [0.29, 0.717) is 17.1 Å². The van der Waals surface area contributed by atoms with E-state index in [-0.39, 0.29) is 17.9 Å². The Morgan fingerprint density at radius 1 is 1.56 bits per heavy atom. The van der Waals surface area contributed by atoms with Crippen molar-refractivity contribution < 1.29 is 9.90 Å². The van der Waals surface area contributed by atoms with Crippen LogP contribution in [0.15, 0.2) is 24.3 Å². The average Bonchev–Trinajstić information content (AvgIpc) is 2.38. The third-order valence-electron chi connectivity index (χ3n) is 3.50. The molecule has 1 aliphatic heterocycles. The summed E-state index contributed by atoms with van der Waals surface area (Å²) in [7, 11) is 0. The first-order chi connectivity index (χ1) is 8.58. The number of nitrogens with zero attached hydrogens (tertiary/aromatic N) is 1. The molecule has 0 saturated carbocycles. The highest BCUT2D eigenvalue weighted by Gasteiger charge is 2.26. The largest absolute Gasteiger partial charge is 0.393 e. The van der Waals surface area contributed by atoms with Crippen LogP contribution in [-0.2, 0) is 0 Å². The van der Waals surface area contributed by atoms with Crippen molar-refractivity contribution in [2.24, 2.45) is 5.92 Å². The van der Waals surface area contributed by atoms with E-state index in [0.717, 1.165) is 19.4 Å². The maximum absolute atomic E-state index is 12.3. The van der Waals surface area contributed by atoms with Crippen LogP contribution < -0.4 is 0 Å². The van der Waals surface area contributed by atoms with E-state index in [4.69, 9.17) is 11.6 Å². The predicted octanol–water partition coefficient (Wildman–Crippen LogP) is 2.57. The molecule has 1 heterocycles. The summed E-state index contributed by atoms with van der Waals surface area (Å²) in [6, 6.07) is 7.01. The van der Waals surface area contributed by atoms with Crippen molar-refractivity contribution in [3.05, 3.63) is 34.9 Å². The zero-order chi connectivity index (χ0) is 13.1. The Bertz CT molecular complexity index is 434. The summed E-state index contributed by atoms with van der Waals surface area (Å²) in [6.07, 6.45) is 1.57. The Morgan fingerprint density at radius 2 is 2.33 bits per heavy atom. The molecule has 3 nitrogen and oxygen atoms in total. The second-order valence-electron chi connectivity index (χ2n) is 4.90. The smallest absolute Gasteiger partial charge is 0.253 e. The van der Waals surface area contributed by atoms with Gasteiger partial charge in [0.05, 0.1) is 6.10 Å². The first-order valence-corrected chi connectivity index (χ1v) is 6.68. The van der Waals surface area contributed by atoms with Crippen molar-refractivity contribution >= 4 is 17.5 Å². The van der Waals surface area contributed by atoms with Gasteiger partial charge in [-0.25, -0.2) is 0 Å². The van der Waals surface area contributed by atoms with Gasteiger partial charge in [0.1, 0.15) is 0 Å². The highest BCUT2D eigenvalue weighted by molar-refractivity contribution is 6.30. The van der Waals surface area contributed by atoms with E-state index in [9.17, 15) is 9.90 Å². The monoisotopic (exact) mass is 267 g/mol. The van der Waals surface area contributed by atoms with Crippen LogP contribution in [-0.4, -0.2) is 35.1 Å². The fraction of sp³-hybridized carbons (Fsp3) is 0.500. The fourth-order valence-electron chi connectivity index (χ4n) is 2.39. The van der Waals surface area contributed by atoms with Gasteiger partial charge in [0.15, 0.2) is 0 Å². The van der Waals surface area contributed by atoms with E-state index in [1.54, 1.807) is 31.2 Å². The van der Waals surface area contributed by atoms with E-state index < -0.39 is 0 Å². The molecule has 2 atom stereocenters. The number of carbonyl (C=O) groups excluding carboxylic acids is 1. The molecule has 1 aromatic rings. The number of aliphatic hydroxyl groups is 1. The van der Waals surface area contributed by atoms with Gasteiger partial charge in [-0.05, 0) is 38.0 Å². The van der Waals surface area contributed by atoms with Crippen LogP contribution in [0.5, 0.6) is 0 Å². The van der Waals surface area contributed by atoms with E-state index in [1.165, 1.54) is 0 Å². The number of likely N-dealkylation sites (tertiary alicyclic amines) is 1. The molecule has 18 heavy (non-hydrogen) atoms. The van der Waals surface area contributed by atoms with Gasteiger partial charge >= 0.3 is 0 Å². The van der Waals surface area contributed by atoms with Crippen LogP contribution >= 0.6 is 11.6 Å². The van der Waals surface area contributed by atoms with Crippen molar-refractivity contribution in [2.45, 2.75) is 25.9 Å². The molecule has 0 spiro atoms. The maximum atomic E-state index is 12.3. The minimum Gasteiger partial charge on any atom is -0.393 e. The second-order valence-corrected chi connectivity index (χ2v) is 5.34. The standard InChI is InChI=1S/C14H18ClNO2/c1-10(17)12-5-3-7-16(9-12)14(18)11-4-2-6-13(15)8-11/h2,4,6,8,10,12,17H,3,5,7,9H2,1H3. The molecule has 1 saturated heterocycles. The number of carbonyl (C=O) groups is 1. The summed E-state index contributed by atoms with van der Waals surface area (Å²) in [4.78, 5) is 14.1. The lowest BCUT2D eigenvalue weighted by molar-refractivity contribution is 0.0466. The van der Waals surface area contributed by atoms with Crippen LogP contribution in [0.1, 0.15) is 30.1 Å². The highest BCUT2D eigenvalue weighted by Crippen LogP contribution is 2.22. The summed E-state index contributed by atoms with van der Waals surface area (Å²) in [5, 5.41) is 10.2. The summed E-state index contributed by atoms with van der Waals surface area (Å²) in [6.45, 7) is 3.18. The molecular weight excluding hydrogens is 250 g/mol. The van der Waals surface area contributed by atoms with E-state index in [2.05, 4.69) is 0 Å². The summed E-state index contributed by atoms with van der Waals surface area (Å²) in [5.74, 6) is 0.185. The SMILES string of the molecule is CC(O)C1CCCN(C(=O)c2cccc(Cl)c2)C1. The predicted molar refractivity (Wildman–Crippen MR) is 71.8 cm³/mol. The Morgan fingerprint density at radius 3 is 3.00 bits per heavy atom. The molecule has 0 radical (unpaired) electrons. The fourth-order valence-corrected chi connectivity index (χ4v) is 2.58. The van der Waals surface area contributed by atoms with Crippen LogP contribution in [0, 0.1) is 5.92 Å². The molecule has 2 rings (SSSR count). The molecule has 4 heteroatoms. The molecule has 1 aliphatic rings. The molecule has 98 valence electrons. The van der Waals surface area contributed by atoms with Gasteiger partial charge in [-0.2, -0.15) is 0 Å². The van der Waals surface area contributed by atoms with E-state index in [1.807, 2.05) is 4.90 Å². The number of piperidine rings is 1. The van der Waals surface area contributed by atoms with Crippen molar-refractivity contribution in [1.29, 1.82) is 0 Å². The van der Waals surface area contributed by atoms with Gasteiger partial charge in [0.2, 0.25) is 0 Å². The Hall–Kier alpha value is -1.06. The van der Waals surface area contributed by atoms with Gasteiger partial charge in [-0.1, -0.05) is 17.7 Å². The van der Waals surface area contributed by atoms with Gasteiger partial charge in [0, 0.05) is 29.6 Å². The molecule has 0 bridgehead atoms. The normalized spacial score (nSPS) is 21.7. The first kappa shape index (κ1) is 13.4. The van der Waals surface area contributed by atoms with Crippen molar-refractivity contribution in [3.8, 4) is 0 Å². The first-order valence-electron chi connectivity index (χ1n) is 6.31. The summed E-state index contributed by atoms with van der Waals surface area (Å²) < 4.78 is 0. The Kier molecular flexibility index (Phi) is 4.25. The molecular formula is C14H18ClNO2. The lowest BCUT2D eigenvalue weighted by atomic mass is 9.93. The molecule has 1 fully saturated rings. The second kappa shape index (κ2) is 5.72. The molecule has 0 aliphatic carbocycles. The number of benzene rings is 1. The molecule has 0 aromatic heterocycles. The van der Waals surface area contributed by atoms with Gasteiger partial charge < -0.3 is 10.0 Å². The van der Waals surface area contributed by atoms with Gasteiger partial charge in [-0.15, -0.1) is 0 Å². The quantitative estimate of drug-likeness (QED) is 0.895. The summed E-state index contributed by atoms with van der Waals surface area (Å²) >= 11 is 5.90. The van der Waals surface area contributed by atoms with Crippen LogP contribution in [0.4, 0.5) is 0 Å². The molecule has 1 aromatic carbocycles. The number of rotatable bonds is 2. The Labute approximate surface area is 112 Å². The summed E-state index contributed by atoms with van der Waals surface area (Å²) in [5.41, 5.74) is 0.619. The van der Waals surface area contributed by atoms with Gasteiger partial charge in [-0.3, -0.25) is 4.79 Å². The minimum atomic E-state index is -0.361. The lowest BCUT2D eigenvalue weighted by Crippen LogP contribution is -2.42. The van der Waals surface area contributed by atoms with Crippen LogP contribution in [0.25, 0.3) is 0 Å². The minimum absolute atomic E-state index is 0.00264. The van der Waals surface area contributed by atoms with Crippen molar-refractivity contribution in [1.82, 2.24) is 4.90 Å². The number of hydrogen-bond donors (Lipinski definition) is 1. The lowest BCUT2D eigenvalue weighted by Gasteiger charge is -2.34. The maximum Gasteiger partial charge on any atom is 0.253 e. The van der Waals surface area contributed by atoms with Crippen LogP contribution in [0.3, 0.4) is 0 Å². The van der Waals surface area contributed by atoms with Crippen LogP contribution in [0.2, 0.25) is 5.02 Å². The third-order valence-corrected chi connectivity index (χ3v) is 3.73. The highest BCUT2D eigenvalue weighted by atomic mass is 35.5. The van der Waals surface area contributed by atoms with Crippen molar-refractivity contribution in [3.63, 3.8) is 0 Å². The molecule has 1 N–H and O–H groups in total. The number of hydrogen-bond acceptors (Lipinski definition) is 2. The third kappa shape index (κ3) is 3.03. The number of amides is 1. The van der Waals surface area contributed by atoms with E-state index >= 15 is 0 Å².